The number of aliphatic hydroxyl groups is 1. The van der Waals surface area contributed by atoms with Crippen molar-refractivity contribution in [3.05, 3.63) is 0 Å². The molecule has 3 rings (SSSR count). The molecule has 0 aliphatic heterocycles. The van der Waals surface area contributed by atoms with E-state index in [9.17, 15) is 5.11 Å². The monoisotopic (exact) mass is 180 g/mol. The fourth-order valence-corrected chi connectivity index (χ4v) is 4.37. The molecule has 0 aromatic rings. The van der Waals surface area contributed by atoms with Gasteiger partial charge in [-0.1, -0.05) is 26.2 Å². The molecule has 0 amide bonds. The number of hydrogen-bond acceptors (Lipinski definition) is 1. The van der Waals surface area contributed by atoms with E-state index in [-0.39, 0.29) is 5.60 Å². The number of hydrogen-bond donors (Lipinski definition) is 1. The van der Waals surface area contributed by atoms with E-state index in [1.54, 1.807) is 0 Å². The highest BCUT2D eigenvalue weighted by molar-refractivity contribution is 5.22. The molecule has 2 atom stereocenters. The van der Waals surface area contributed by atoms with Gasteiger partial charge in [-0.25, -0.2) is 0 Å². The van der Waals surface area contributed by atoms with Crippen LogP contribution in [0.5, 0.6) is 0 Å². The Kier molecular flexibility index (Phi) is 1.47. The van der Waals surface area contributed by atoms with Crippen molar-refractivity contribution in [3.63, 3.8) is 0 Å². The summed E-state index contributed by atoms with van der Waals surface area (Å²) in [5.41, 5.74) is 0.0739. The van der Waals surface area contributed by atoms with Crippen LogP contribution in [0.15, 0.2) is 0 Å². The van der Waals surface area contributed by atoms with Gasteiger partial charge in [-0.15, -0.1) is 0 Å². The second-order valence-corrected chi connectivity index (χ2v) is 5.74. The van der Waals surface area contributed by atoms with E-state index in [0.717, 1.165) is 0 Å². The molecule has 0 heterocycles. The first-order valence-electron chi connectivity index (χ1n) is 5.91. The summed E-state index contributed by atoms with van der Waals surface area (Å²) in [6, 6.07) is 0. The Morgan fingerprint density at radius 2 is 1.54 bits per heavy atom. The van der Waals surface area contributed by atoms with Gasteiger partial charge in [0.25, 0.3) is 0 Å². The summed E-state index contributed by atoms with van der Waals surface area (Å²) in [5, 5.41) is 10.7. The van der Waals surface area contributed by atoms with Gasteiger partial charge in [-0.2, -0.15) is 0 Å². The second-order valence-electron chi connectivity index (χ2n) is 5.74. The molecule has 3 aliphatic rings. The van der Waals surface area contributed by atoms with Crippen molar-refractivity contribution in [2.45, 2.75) is 57.5 Å². The van der Waals surface area contributed by atoms with E-state index in [1.165, 1.54) is 44.9 Å². The standard InChI is InChI=1S/C12H20O/c1-11(7-2-3-8-11)12(13)9-5-4-6-10(9)12/h9-10,13H,2-8H2,1H3. The summed E-state index contributed by atoms with van der Waals surface area (Å²) in [4.78, 5) is 0. The second kappa shape index (κ2) is 2.31. The summed E-state index contributed by atoms with van der Waals surface area (Å²) < 4.78 is 0. The molecule has 1 heteroatoms. The van der Waals surface area contributed by atoms with E-state index >= 15 is 0 Å². The first-order valence-corrected chi connectivity index (χ1v) is 5.91. The Morgan fingerprint density at radius 3 is 2.08 bits per heavy atom. The first-order chi connectivity index (χ1) is 6.18. The highest BCUT2D eigenvalue weighted by Gasteiger charge is 2.72. The van der Waals surface area contributed by atoms with Crippen LogP contribution in [0.3, 0.4) is 0 Å². The Morgan fingerprint density at radius 1 is 1.00 bits per heavy atom. The molecule has 3 saturated carbocycles. The van der Waals surface area contributed by atoms with Crippen LogP contribution >= 0.6 is 0 Å². The summed E-state index contributed by atoms with van der Waals surface area (Å²) in [6.45, 7) is 2.33. The van der Waals surface area contributed by atoms with Crippen molar-refractivity contribution in [1.82, 2.24) is 0 Å². The molecule has 0 saturated heterocycles. The van der Waals surface area contributed by atoms with Crippen molar-refractivity contribution < 1.29 is 5.11 Å². The predicted molar refractivity (Wildman–Crippen MR) is 52.4 cm³/mol. The van der Waals surface area contributed by atoms with E-state index < -0.39 is 0 Å². The van der Waals surface area contributed by atoms with Gasteiger partial charge < -0.3 is 5.11 Å². The zero-order valence-corrected chi connectivity index (χ0v) is 8.55. The lowest BCUT2D eigenvalue weighted by Crippen LogP contribution is -2.36. The molecular weight excluding hydrogens is 160 g/mol. The van der Waals surface area contributed by atoms with E-state index in [2.05, 4.69) is 6.92 Å². The lowest BCUT2D eigenvalue weighted by Gasteiger charge is -2.33. The van der Waals surface area contributed by atoms with Gasteiger partial charge in [-0.05, 0) is 42.9 Å². The Hall–Kier alpha value is -0.0400. The van der Waals surface area contributed by atoms with Crippen molar-refractivity contribution in [1.29, 1.82) is 0 Å². The van der Waals surface area contributed by atoms with E-state index in [4.69, 9.17) is 0 Å². The van der Waals surface area contributed by atoms with E-state index in [1.807, 2.05) is 0 Å². The molecular formula is C12H20O. The van der Waals surface area contributed by atoms with Crippen molar-refractivity contribution in [3.8, 4) is 0 Å². The minimum atomic E-state index is -0.220. The predicted octanol–water partition coefficient (Wildman–Crippen LogP) is 2.73. The van der Waals surface area contributed by atoms with Gasteiger partial charge in [0.05, 0.1) is 5.60 Å². The van der Waals surface area contributed by atoms with Crippen LogP contribution in [0.4, 0.5) is 0 Å². The van der Waals surface area contributed by atoms with Gasteiger partial charge in [0, 0.05) is 0 Å². The van der Waals surface area contributed by atoms with Gasteiger partial charge in [0.2, 0.25) is 0 Å². The average molecular weight is 180 g/mol. The summed E-state index contributed by atoms with van der Waals surface area (Å²) in [5.74, 6) is 1.38. The molecule has 3 aliphatic carbocycles. The normalized spacial score (nSPS) is 52.2. The third-order valence-corrected chi connectivity index (χ3v) is 5.21. The maximum atomic E-state index is 10.7. The van der Waals surface area contributed by atoms with Crippen LogP contribution in [0.25, 0.3) is 0 Å². The summed E-state index contributed by atoms with van der Waals surface area (Å²) in [6.07, 6.45) is 9.21. The Bertz CT molecular complexity index is 217. The molecule has 13 heavy (non-hydrogen) atoms. The fraction of sp³-hybridized carbons (Fsp3) is 1.00. The first kappa shape index (κ1) is 8.28. The van der Waals surface area contributed by atoms with Gasteiger partial charge >= 0.3 is 0 Å². The van der Waals surface area contributed by atoms with Gasteiger partial charge in [0.15, 0.2) is 0 Å². The van der Waals surface area contributed by atoms with Crippen molar-refractivity contribution in [2.75, 3.05) is 0 Å². The SMILES string of the molecule is CC1(C2(O)C3CCCC32)CCCC1. The lowest BCUT2D eigenvalue weighted by molar-refractivity contribution is -0.0162. The highest BCUT2D eigenvalue weighted by atomic mass is 16.3. The van der Waals surface area contributed by atoms with Gasteiger partial charge in [-0.3, -0.25) is 0 Å². The average Bonchev–Trinajstić information content (AvgIpc) is 2.62. The molecule has 2 unspecified atom stereocenters. The smallest absolute Gasteiger partial charge is 0.0764 e. The zero-order valence-electron chi connectivity index (χ0n) is 8.55. The van der Waals surface area contributed by atoms with Crippen LogP contribution in [0.2, 0.25) is 0 Å². The Balaban J connectivity index is 1.85. The minimum absolute atomic E-state index is 0.220. The molecule has 3 fully saturated rings. The van der Waals surface area contributed by atoms with Crippen LogP contribution < -0.4 is 0 Å². The zero-order chi connectivity index (χ0) is 9.10. The Labute approximate surface area is 80.5 Å². The molecule has 1 nitrogen and oxygen atoms in total. The molecule has 0 aromatic heterocycles. The van der Waals surface area contributed by atoms with Crippen molar-refractivity contribution >= 4 is 0 Å². The molecule has 0 spiro atoms. The summed E-state index contributed by atoms with van der Waals surface area (Å²) >= 11 is 0. The highest BCUT2D eigenvalue weighted by Crippen LogP contribution is 2.70. The van der Waals surface area contributed by atoms with Crippen LogP contribution in [-0.4, -0.2) is 10.7 Å². The number of fused-ring (bicyclic) bond motifs is 1. The molecule has 1 N–H and O–H groups in total. The molecule has 0 bridgehead atoms. The fourth-order valence-electron chi connectivity index (χ4n) is 4.37. The quantitative estimate of drug-likeness (QED) is 0.658. The maximum absolute atomic E-state index is 10.7. The third kappa shape index (κ3) is 0.823. The molecule has 0 aromatic carbocycles. The van der Waals surface area contributed by atoms with Crippen LogP contribution in [0, 0.1) is 17.3 Å². The third-order valence-electron chi connectivity index (χ3n) is 5.21. The number of rotatable bonds is 1. The van der Waals surface area contributed by atoms with E-state index in [0.29, 0.717) is 17.3 Å². The molecule has 0 radical (unpaired) electrons. The van der Waals surface area contributed by atoms with Crippen LogP contribution in [-0.2, 0) is 0 Å². The largest absolute Gasteiger partial charge is 0.389 e. The summed E-state index contributed by atoms with van der Waals surface area (Å²) in [7, 11) is 0. The van der Waals surface area contributed by atoms with Crippen LogP contribution in [0.1, 0.15) is 51.9 Å². The maximum Gasteiger partial charge on any atom is 0.0764 e. The lowest BCUT2D eigenvalue weighted by atomic mass is 9.76. The molecule has 74 valence electrons. The topological polar surface area (TPSA) is 20.2 Å². The van der Waals surface area contributed by atoms with Crippen molar-refractivity contribution in [2.24, 2.45) is 17.3 Å². The van der Waals surface area contributed by atoms with Gasteiger partial charge in [0.1, 0.15) is 0 Å². The minimum Gasteiger partial charge on any atom is -0.389 e.